The normalized spacial score (nSPS) is 11.1. The lowest BCUT2D eigenvalue weighted by Crippen LogP contribution is -2.34. The number of nitrogens with one attached hydrogen (secondary N) is 3. The van der Waals surface area contributed by atoms with Crippen LogP contribution in [-0.4, -0.2) is 49.4 Å². The van der Waals surface area contributed by atoms with E-state index in [1.807, 2.05) is 64.1 Å². The van der Waals surface area contributed by atoms with Crippen molar-refractivity contribution in [2.45, 2.75) is 73.1 Å². The molecule has 0 fully saturated rings. The van der Waals surface area contributed by atoms with Crippen LogP contribution in [0.3, 0.4) is 0 Å². The summed E-state index contributed by atoms with van der Waals surface area (Å²) in [6.45, 7) is 13.8. The Hall–Kier alpha value is -2.70. The highest BCUT2D eigenvalue weighted by molar-refractivity contribution is 5.94. The number of hydrogen-bond acceptors (Lipinski definition) is 4. The molecule has 0 radical (unpaired) electrons. The van der Waals surface area contributed by atoms with E-state index in [2.05, 4.69) is 27.8 Å². The van der Waals surface area contributed by atoms with Crippen molar-refractivity contribution in [2.75, 3.05) is 43.4 Å². The molecule has 0 unspecified atom stereocenters. The van der Waals surface area contributed by atoms with Gasteiger partial charge in [0.2, 0.25) is 11.8 Å². The lowest BCUT2D eigenvalue weighted by molar-refractivity contribution is -0.117. The number of carbonyl (C=O) groups is 2. The molecule has 6 nitrogen and oxygen atoms in total. The summed E-state index contributed by atoms with van der Waals surface area (Å²) in [5, 5.41) is 9.38. The zero-order chi connectivity index (χ0) is 26.3. The number of rotatable bonds is 16. The van der Waals surface area contributed by atoms with E-state index < -0.39 is 0 Å². The first-order chi connectivity index (χ1) is 17.3. The Kier molecular flexibility index (Phi) is 13.2. The average Bonchev–Trinajstić information content (AvgIpc) is 2.83. The summed E-state index contributed by atoms with van der Waals surface area (Å²) in [4.78, 5) is 27.1. The summed E-state index contributed by atoms with van der Waals surface area (Å²) in [6.07, 6.45) is 6.68. The van der Waals surface area contributed by atoms with E-state index >= 15 is 0 Å². The third-order valence-electron chi connectivity index (χ3n) is 6.51. The van der Waals surface area contributed by atoms with Crippen LogP contribution in [0.15, 0.2) is 36.4 Å². The van der Waals surface area contributed by atoms with E-state index in [1.165, 1.54) is 6.42 Å². The van der Waals surface area contributed by atoms with E-state index in [1.54, 1.807) is 0 Å². The molecule has 0 spiro atoms. The van der Waals surface area contributed by atoms with E-state index in [0.717, 1.165) is 85.4 Å². The van der Waals surface area contributed by atoms with Crippen LogP contribution in [0.1, 0.15) is 67.7 Å². The van der Waals surface area contributed by atoms with Gasteiger partial charge in [-0.15, -0.1) is 0 Å². The van der Waals surface area contributed by atoms with Crippen LogP contribution >= 0.6 is 0 Å². The van der Waals surface area contributed by atoms with Gasteiger partial charge in [0.1, 0.15) is 0 Å². The molecule has 2 amide bonds. The maximum atomic E-state index is 12.6. The van der Waals surface area contributed by atoms with E-state index in [-0.39, 0.29) is 11.8 Å². The van der Waals surface area contributed by atoms with Crippen LogP contribution in [0.4, 0.5) is 11.4 Å². The standard InChI is InChI=1S/C30H46N4O2/c1-6-19-34(22-28(36)33-30-25(4)16-13-17-26(30)5)20-11-9-7-8-10-18-31-21-27(35)32-29-23(2)14-12-15-24(29)3/h12-17,31H,6-11,18-22H2,1-5H3,(H,32,35)(H,33,36). The summed E-state index contributed by atoms with van der Waals surface area (Å²) >= 11 is 0. The minimum atomic E-state index is 0.00466. The van der Waals surface area contributed by atoms with Crippen molar-refractivity contribution in [2.24, 2.45) is 0 Å². The number of anilines is 2. The molecule has 198 valence electrons. The van der Waals surface area contributed by atoms with Crippen LogP contribution in [0.5, 0.6) is 0 Å². The van der Waals surface area contributed by atoms with Gasteiger partial charge in [-0.3, -0.25) is 14.5 Å². The maximum Gasteiger partial charge on any atom is 0.238 e. The molecule has 36 heavy (non-hydrogen) atoms. The predicted molar refractivity (Wildman–Crippen MR) is 152 cm³/mol. The topological polar surface area (TPSA) is 73.5 Å². The van der Waals surface area contributed by atoms with Crippen LogP contribution in [-0.2, 0) is 9.59 Å². The van der Waals surface area contributed by atoms with Crippen molar-refractivity contribution in [3.63, 3.8) is 0 Å². The van der Waals surface area contributed by atoms with Crippen molar-refractivity contribution in [3.8, 4) is 0 Å². The minimum Gasteiger partial charge on any atom is -0.324 e. The molecule has 0 atom stereocenters. The van der Waals surface area contributed by atoms with Crippen LogP contribution < -0.4 is 16.0 Å². The average molecular weight is 495 g/mol. The van der Waals surface area contributed by atoms with Gasteiger partial charge in [-0.05, 0) is 88.8 Å². The molecular weight excluding hydrogens is 448 g/mol. The Balaban J connectivity index is 1.56. The number of carbonyl (C=O) groups excluding carboxylic acids is 2. The molecule has 0 aliphatic heterocycles. The van der Waals surface area contributed by atoms with Gasteiger partial charge in [-0.25, -0.2) is 0 Å². The van der Waals surface area contributed by atoms with E-state index in [0.29, 0.717) is 13.1 Å². The number of hydrogen-bond donors (Lipinski definition) is 3. The molecule has 0 aliphatic carbocycles. The lowest BCUT2D eigenvalue weighted by Gasteiger charge is -2.21. The highest BCUT2D eigenvalue weighted by atomic mass is 16.2. The Morgan fingerprint density at radius 3 is 1.75 bits per heavy atom. The molecule has 2 aromatic carbocycles. The summed E-state index contributed by atoms with van der Waals surface area (Å²) in [7, 11) is 0. The Morgan fingerprint density at radius 2 is 1.19 bits per heavy atom. The fraction of sp³-hybridized carbons (Fsp3) is 0.533. The summed E-state index contributed by atoms with van der Waals surface area (Å²) in [5.41, 5.74) is 6.23. The van der Waals surface area contributed by atoms with Crippen LogP contribution in [0.25, 0.3) is 0 Å². The van der Waals surface area contributed by atoms with Crippen molar-refractivity contribution < 1.29 is 9.59 Å². The maximum absolute atomic E-state index is 12.6. The number of amides is 2. The molecule has 3 N–H and O–H groups in total. The van der Waals surface area contributed by atoms with Gasteiger partial charge in [0.25, 0.3) is 0 Å². The van der Waals surface area contributed by atoms with E-state index in [9.17, 15) is 9.59 Å². The fourth-order valence-corrected chi connectivity index (χ4v) is 4.49. The van der Waals surface area contributed by atoms with E-state index in [4.69, 9.17) is 0 Å². The Morgan fingerprint density at radius 1 is 0.694 bits per heavy atom. The zero-order valence-electron chi connectivity index (χ0n) is 23.0. The number of benzene rings is 2. The van der Waals surface area contributed by atoms with Gasteiger partial charge < -0.3 is 16.0 Å². The van der Waals surface area contributed by atoms with Crippen molar-refractivity contribution in [1.82, 2.24) is 10.2 Å². The second-order valence-corrected chi connectivity index (χ2v) is 9.85. The first-order valence-electron chi connectivity index (χ1n) is 13.5. The molecule has 2 aromatic rings. The van der Waals surface area contributed by atoms with Crippen molar-refractivity contribution >= 4 is 23.2 Å². The molecular formula is C30H46N4O2. The molecule has 0 saturated carbocycles. The Bertz CT molecular complexity index is 933. The molecule has 0 saturated heterocycles. The van der Waals surface area contributed by atoms with Gasteiger partial charge in [0.05, 0.1) is 13.1 Å². The Labute approximate surface area is 218 Å². The van der Waals surface area contributed by atoms with Crippen molar-refractivity contribution in [1.29, 1.82) is 0 Å². The molecule has 0 aliphatic rings. The summed E-state index contributed by atoms with van der Waals surface area (Å²) < 4.78 is 0. The van der Waals surface area contributed by atoms with Gasteiger partial charge in [0, 0.05) is 11.4 Å². The zero-order valence-corrected chi connectivity index (χ0v) is 23.0. The smallest absolute Gasteiger partial charge is 0.238 e. The number of unbranched alkanes of at least 4 members (excludes halogenated alkanes) is 4. The molecule has 0 bridgehead atoms. The first-order valence-corrected chi connectivity index (χ1v) is 13.5. The molecule has 0 heterocycles. The summed E-state index contributed by atoms with van der Waals surface area (Å²) in [6, 6.07) is 12.1. The molecule has 2 rings (SSSR count). The van der Waals surface area contributed by atoms with Crippen LogP contribution in [0, 0.1) is 27.7 Å². The summed E-state index contributed by atoms with van der Waals surface area (Å²) in [5.74, 6) is 0.0681. The number of aryl methyl sites for hydroxylation is 4. The molecule has 0 aromatic heterocycles. The highest BCUT2D eigenvalue weighted by Crippen LogP contribution is 2.20. The quantitative estimate of drug-likeness (QED) is 0.260. The largest absolute Gasteiger partial charge is 0.324 e. The fourth-order valence-electron chi connectivity index (χ4n) is 4.49. The lowest BCUT2D eigenvalue weighted by atomic mass is 10.1. The SMILES string of the molecule is CCCN(CCCCCCCNCC(=O)Nc1c(C)cccc1C)CC(=O)Nc1c(C)cccc1C. The third-order valence-corrected chi connectivity index (χ3v) is 6.51. The van der Waals surface area contributed by atoms with Gasteiger partial charge in [-0.2, -0.15) is 0 Å². The second kappa shape index (κ2) is 16.1. The van der Waals surface area contributed by atoms with Gasteiger partial charge in [-0.1, -0.05) is 62.6 Å². The second-order valence-electron chi connectivity index (χ2n) is 9.85. The van der Waals surface area contributed by atoms with Crippen molar-refractivity contribution in [3.05, 3.63) is 58.7 Å². The van der Waals surface area contributed by atoms with Gasteiger partial charge >= 0.3 is 0 Å². The first kappa shape index (κ1) is 29.5. The monoisotopic (exact) mass is 494 g/mol. The number of nitrogens with zero attached hydrogens (tertiary/aromatic N) is 1. The number of para-hydroxylation sites is 2. The predicted octanol–water partition coefficient (Wildman–Crippen LogP) is 5.75. The minimum absolute atomic E-state index is 0.00466. The highest BCUT2D eigenvalue weighted by Gasteiger charge is 2.12. The molecule has 6 heteroatoms. The van der Waals surface area contributed by atoms with Crippen LogP contribution in [0.2, 0.25) is 0 Å². The third kappa shape index (κ3) is 10.5. The van der Waals surface area contributed by atoms with Gasteiger partial charge in [0.15, 0.2) is 0 Å².